The molecule has 6 heteroatoms. The van der Waals surface area contributed by atoms with Gasteiger partial charge in [-0.05, 0) is 20.8 Å². The largest absolute Gasteiger partial charge is 0.444 e. The van der Waals surface area contributed by atoms with Gasteiger partial charge in [0.25, 0.3) is 0 Å². The minimum absolute atomic E-state index is 0.0217. The molecule has 1 rings (SSSR count). The van der Waals surface area contributed by atoms with Gasteiger partial charge in [0, 0.05) is 6.07 Å². The van der Waals surface area contributed by atoms with Crippen LogP contribution < -0.4 is 5.32 Å². The summed E-state index contributed by atoms with van der Waals surface area (Å²) in [5.41, 5.74) is -0.388. The summed E-state index contributed by atoms with van der Waals surface area (Å²) in [4.78, 5) is 14.9. The van der Waals surface area contributed by atoms with E-state index in [0.29, 0.717) is 0 Å². The summed E-state index contributed by atoms with van der Waals surface area (Å²) in [6.45, 7) is 5.15. The third-order valence-electron chi connectivity index (χ3n) is 1.68. The van der Waals surface area contributed by atoms with Gasteiger partial charge in [-0.15, -0.1) is 0 Å². The molecule has 0 saturated carbocycles. The maximum Gasteiger partial charge on any atom is 0.407 e. The van der Waals surface area contributed by atoms with Crippen molar-refractivity contribution in [1.82, 2.24) is 10.3 Å². The predicted molar refractivity (Wildman–Crippen MR) is 57.2 cm³/mol. The molecule has 0 unspecified atom stereocenters. The summed E-state index contributed by atoms with van der Waals surface area (Å²) in [6, 6.07) is 0.923. The summed E-state index contributed by atoms with van der Waals surface area (Å²) in [5.74, 6) is -2.02. The lowest BCUT2D eigenvalue weighted by molar-refractivity contribution is 0.0523. The summed E-state index contributed by atoms with van der Waals surface area (Å²) < 4.78 is 30.4. The van der Waals surface area contributed by atoms with Crippen LogP contribution in [0.25, 0.3) is 0 Å². The van der Waals surface area contributed by atoms with E-state index in [2.05, 4.69) is 10.3 Å². The second-order valence-corrected chi connectivity index (χ2v) is 4.45. The van der Waals surface area contributed by atoms with Crippen LogP contribution in [0.5, 0.6) is 0 Å². The molecule has 0 aliphatic heterocycles. The minimum Gasteiger partial charge on any atom is -0.444 e. The van der Waals surface area contributed by atoms with E-state index in [0.717, 1.165) is 12.3 Å². The molecule has 0 fully saturated rings. The number of carbonyl (C=O) groups is 1. The van der Waals surface area contributed by atoms with E-state index in [1.165, 1.54) is 0 Å². The zero-order chi connectivity index (χ0) is 13.1. The second-order valence-electron chi connectivity index (χ2n) is 4.45. The van der Waals surface area contributed by atoms with Crippen LogP contribution in [0.4, 0.5) is 13.6 Å². The van der Waals surface area contributed by atoms with Gasteiger partial charge in [-0.3, -0.25) is 4.98 Å². The molecule has 0 atom stereocenters. The normalized spacial score (nSPS) is 11.1. The molecule has 4 nitrogen and oxygen atoms in total. The first-order chi connectivity index (χ1) is 7.78. The topological polar surface area (TPSA) is 51.2 Å². The van der Waals surface area contributed by atoms with E-state index < -0.39 is 23.3 Å². The quantitative estimate of drug-likeness (QED) is 0.869. The Labute approximate surface area is 98.0 Å². The van der Waals surface area contributed by atoms with Gasteiger partial charge in [0.1, 0.15) is 5.60 Å². The Morgan fingerprint density at radius 2 is 2.06 bits per heavy atom. The monoisotopic (exact) mass is 244 g/mol. The van der Waals surface area contributed by atoms with Gasteiger partial charge in [0.15, 0.2) is 11.6 Å². The van der Waals surface area contributed by atoms with Crippen molar-refractivity contribution in [1.29, 1.82) is 0 Å². The summed E-state index contributed by atoms with van der Waals surface area (Å²) in [6.07, 6.45) is 0.130. The highest BCUT2D eigenvalue weighted by atomic mass is 19.2. The van der Waals surface area contributed by atoms with E-state index >= 15 is 0 Å². The van der Waals surface area contributed by atoms with Gasteiger partial charge < -0.3 is 10.1 Å². The number of halogens is 2. The molecular formula is C11H14F2N2O2. The van der Waals surface area contributed by atoms with Gasteiger partial charge in [-0.25, -0.2) is 13.6 Å². The molecular weight excluding hydrogens is 230 g/mol. The van der Waals surface area contributed by atoms with Crippen molar-refractivity contribution in [3.63, 3.8) is 0 Å². The van der Waals surface area contributed by atoms with Crippen LogP contribution >= 0.6 is 0 Å². The van der Waals surface area contributed by atoms with Crippen molar-refractivity contribution in [2.24, 2.45) is 0 Å². The molecule has 0 aliphatic rings. The van der Waals surface area contributed by atoms with Crippen LogP contribution in [0.2, 0.25) is 0 Å². The Morgan fingerprint density at radius 1 is 1.41 bits per heavy atom. The molecule has 0 radical (unpaired) electrons. The van der Waals surface area contributed by atoms with Crippen LogP contribution in [0.1, 0.15) is 26.5 Å². The standard InChI is InChI=1S/C11H14F2N2O2/c1-11(2,3)17-10(16)15-5-7-4-8(12)9(13)6-14-7/h4,6H,5H2,1-3H3,(H,15,16). The molecule has 1 N–H and O–H groups in total. The molecule has 0 saturated heterocycles. The number of amides is 1. The van der Waals surface area contributed by atoms with E-state index in [1.54, 1.807) is 20.8 Å². The Morgan fingerprint density at radius 3 is 2.59 bits per heavy atom. The van der Waals surface area contributed by atoms with Crippen LogP contribution in [0.3, 0.4) is 0 Å². The lowest BCUT2D eigenvalue weighted by Crippen LogP contribution is -2.32. The smallest absolute Gasteiger partial charge is 0.407 e. The number of hydrogen-bond donors (Lipinski definition) is 1. The fraction of sp³-hybridized carbons (Fsp3) is 0.455. The Bertz CT molecular complexity index is 416. The molecule has 1 heterocycles. The molecule has 1 amide bonds. The molecule has 0 aliphatic carbocycles. The number of rotatable bonds is 2. The number of nitrogens with zero attached hydrogens (tertiary/aromatic N) is 1. The molecule has 1 aromatic rings. The first-order valence-corrected chi connectivity index (χ1v) is 5.05. The van der Waals surface area contributed by atoms with Crippen LogP contribution in [-0.4, -0.2) is 16.7 Å². The summed E-state index contributed by atoms with van der Waals surface area (Å²) >= 11 is 0. The number of hydrogen-bond acceptors (Lipinski definition) is 3. The van der Waals surface area contributed by atoms with Crippen molar-refractivity contribution < 1.29 is 18.3 Å². The second kappa shape index (κ2) is 5.07. The highest BCUT2D eigenvalue weighted by Crippen LogP contribution is 2.08. The average molecular weight is 244 g/mol. The Balaban J connectivity index is 2.50. The third kappa shape index (κ3) is 4.76. The highest BCUT2D eigenvalue weighted by molar-refractivity contribution is 5.67. The van der Waals surface area contributed by atoms with Gasteiger partial charge in [-0.2, -0.15) is 0 Å². The van der Waals surface area contributed by atoms with Crippen molar-refractivity contribution in [2.75, 3.05) is 0 Å². The summed E-state index contributed by atoms with van der Waals surface area (Å²) in [5, 5.41) is 2.39. The SMILES string of the molecule is CC(C)(C)OC(=O)NCc1cc(F)c(F)cn1. The van der Waals surface area contributed by atoms with Gasteiger partial charge >= 0.3 is 6.09 Å². The maximum atomic E-state index is 12.8. The van der Waals surface area contributed by atoms with Crippen molar-refractivity contribution >= 4 is 6.09 Å². The number of carbonyl (C=O) groups excluding carboxylic acids is 1. The fourth-order valence-corrected chi connectivity index (χ4v) is 1.03. The fourth-order valence-electron chi connectivity index (χ4n) is 1.03. The number of pyridine rings is 1. The Kier molecular flexibility index (Phi) is 3.98. The number of ether oxygens (including phenoxy) is 1. The van der Waals surface area contributed by atoms with Gasteiger partial charge in [-0.1, -0.05) is 0 Å². The maximum absolute atomic E-state index is 12.8. The van der Waals surface area contributed by atoms with E-state index in [9.17, 15) is 13.6 Å². The van der Waals surface area contributed by atoms with Crippen molar-refractivity contribution in [3.05, 3.63) is 29.6 Å². The number of nitrogens with one attached hydrogen (secondary N) is 1. The van der Waals surface area contributed by atoms with Crippen LogP contribution in [0.15, 0.2) is 12.3 Å². The van der Waals surface area contributed by atoms with Crippen LogP contribution in [-0.2, 0) is 11.3 Å². The summed E-state index contributed by atoms with van der Waals surface area (Å²) in [7, 11) is 0. The lowest BCUT2D eigenvalue weighted by atomic mass is 10.2. The molecule has 0 bridgehead atoms. The molecule has 1 aromatic heterocycles. The first-order valence-electron chi connectivity index (χ1n) is 5.05. The van der Waals surface area contributed by atoms with E-state index in [-0.39, 0.29) is 12.2 Å². The molecule has 17 heavy (non-hydrogen) atoms. The van der Waals surface area contributed by atoms with E-state index in [4.69, 9.17) is 4.74 Å². The average Bonchev–Trinajstić information content (AvgIpc) is 2.17. The van der Waals surface area contributed by atoms with E-state index in [1.807, 2.05) is 0 Å². The molecule has 94 valence electrons. The molecule has 0 aromatic carbocycles. The zero-order valence-electron chi connectivity index (χ0n) is 9.88. The highest BCUT2D eigenvalue weighted by Gasteiger charge is 2.16. The molecule has 0 spiro atoms. The minimum atomic E-state index is -1.02. The number of aromatic nitrogens is 1. The Hall–Kier alpha value is -1.72. The van der Waals surface area contributed by atoms with Gasteiger partial charge in [0.2, 0.25) is 0 Å². The first kappa shape index (κ1) is 13.3. The number of alkyl carbamates (subject to hydrolysis) is 1. The lowest BCUT2D eigenvalue weighted by Gasteiger charge is -2.19. The van der Waals surface area contributed by atoms with Gasteiger partial charge in [0.05, 0.1) is 18.4 Å². The predicted octanol–water partition coefficient (Wildman–Crippen LogP) is 2.38. The van der Waals surface area contributed by atoms with Crippen LogP contribution in [0, 0.1) is 11.6 Å². The van der Waals surface area contributed by atoms with Crippen molar-refractivity contribution in [3.8, 4) is 0 Å². The third-order valence-corrected chi connectivity index (χ3v) is 1.68. The van der Waals surface area contributed by atoms with Crippen molar-refractivity contribution in [2.45, 2.75) is 32.9 Å². The zero-order valence-corrected chi connectivity index (χ0v) is 9.88.